The van der Waals surface area contributed by atoms with Crippen molar-refractivity contribution in [1.82, 2.24) is 4.90 Å². The molecular weight excluding hydrogens is 265 g/mol. The summed E-state index contributed by atoms with van der Waals surface area (Å²) in [5.74, 6) is 0. The molecule has 2 aliphatic heterocycles. The molecule has 0 spiro atoms. The summed E-state index contributed by atoms with van der Waals surface area (Å²) in [6, 6.07) is 0. The second-order valence-electron chi connectivity index (χ2n) is 3.86. The standard InChI is InChI=1S/C9H17INO/c1-9(2-3-10-8-9)11-4-6-12-7-5-11/h2-8H2,1H3/q-1. The van der Waals surface area contributed by atoms with E-state index in [9.17, 15) is 0 Å². The maximum absolute atomic E-state index is 5.37. The van der Waals surface area contributed by atoms with Crippen LogP contribution in [0.4, 0.5) is 0 Å². The molecule has 12 heavy (non-hydrogen) atoms. The van der Waals surface area contributed by atoms with E-state index in [-0.39, 0.29) is 0 Å². The molecule has 0 aromatic carbocycles. The average molecular weight is 282 g/mol. The van der Waals surface area contributed by atoms with Gasteiger partial charge >= 0.3 is 84.9 Å². The van der Waals surface area contributed by atoms with Gasteiger partial charge in [-0.25, -0.2) is 0 Å². The molecule has 3 heteroatoms. The number of alkyl halides is 2. The molecule has 0 saturated carbocycles. The number of halogens is 1. The van der Waals surface area contributed by atoms with E-state index < -0.39 is 0 Å². The van der Waals surface area contributed by atoms with E-state index in [0.717, 1.165) is 13.2 Å². The van der Waals surface area contributed by atoms with Crippen LogP contribution in [-0.2, 0) is 4.74 Å². The molecule has 2 rings (SSSR count). The van der Waals surface area contributed by atoms with Crippen LogP contribution in [0.2, 0.25) is 0 Å². The SMILES string of the molecule is CC1(N2CCOCC2)CC[I-]C1. The van der Waals surface area contributed by atoms with Crippen LogP contribution in [-0.4, -0.2) is 45.6 Å². The van der Waals surface area contributed by atoms with Crippen molar-refractivity contribution in [2.24, 2.45) is 0 Å². The van der Waals surface area contributed by atoms with E-state index in [4.69, 9.17) is 4.74 Å². The predicted molar refractivity (Wildman–Crippen MR) is 45.1 cm³/mol. The van der Waals surface area contributed by atoms with Crippen molar-refractivity contribution in [1.29, 1.82) is 0 Å². The first-order valence-corrected chi connectivity index (χ1v) is 7.73. The Bertz CT molecular complexity index is 151. The molecule has 1 atom stereocenters. The molecular formula is C9H17INO-. The van der Waals surface area contributed by atoms with E-state index in [1.807, 2.05) is 0 Å². The van der Waals surface area contributed by atoms with E-state index in [2.05, 4.69) is 11.8 Å². The molecule has 2 fully saturated rings. The fourth-order valence-electron chi connectivity index (χ4n) is 1.95. The maximum atomic E-state index is 5.37. The molecule has 0 aromatic rings. The Kier molecular flexibility index (Phi) is 2.92. The number of morpholine rings is 1. The van der Waals surface area contributed by atoms with Crippen LogP contribution in [0, 0.1) is 0 Å². The average Bonchev–Trinajstić information content (AvgIpc) is 2.55. The van der Waals surface area contributed by atoms with Crippen LogP contribution < -0.4 is 21.2 Å². The second-order valence-corrected chi connectivity index (χ2v) is 6.78. The van der Waals surface area contributed by atoms with Gasteiger partial charge in [0.2, 0.25) is 0 Å². The molecule has 0 amide bonds. The van der Waals surface area contributed by atoms with Gasteiger partial charge in [-0.2, -0.15) is 0 Å². The number of rotatable bonds is 1. The van der Waals surface area contributed by atoms with Crippen LogP contribution in [0.15, 0.2) is 0 Å². The van der Waals surface area contributed by atoms with Gasteiger partial charge in [-0.15, -0.1) is 0 Å². The summed E-state index contributed by atoms with van der Waals surface area (Å²) in [6.07, 6.45) is 1.44. The van der Waals surface area contributed by atoms with Crippen molar-refractivity contribution >= 4 is 0 Å². The van der Waals surface area contributed by atoms with Gasteiger partial charge in [0.05, 0.1) is 0 Å². The van der Waals surface area contributed by atoms with Crippen molar-refractivity contribution < 1.29 is 25.9 Å². The van der Waals surface area contributed by atoms with E-state index in [1.54, 1.807) is 0 Å². The molecule has 2 nitrogen and oxygen atoms in total. The zero-order valence-corrected chi connectivity index (χ0v) is 9.84. The van der Waals surface area contributed by atoms with Gasteiger partial charge in [0.1, 0.15) is 0 Å². The molecule has 0 bridgehead atoms. The normalized spacial score (nSPS) is 39.4. The molecule has 0 aliphatic carbocycles. The van der Waals surface area contributed by atoms with E-state index in [1.165, 1.54) is 28.4 Å². The van der Waals surface area contributed by atoms with Gasteiger partial charge in [-0.05, 0) is 0 Å². The Morgan fingerprint density at radius 3 is 2.67 bits per heavy atom. The molecule has 2 heterocycles. The van der Waals surface area contributed by atoms with Gasteiger partial charge in [-0.1, -0.05) is 0 Å². The van der Waals surface area contributed by atoms with Gasteiger partial charge in [0.25, 0.3) is 0 Å². The van der Waals surface area contributed by atoms with Crippen LogP contribution >= 0.6 is 0 Å². The van der Waals surface area contributed by atoms with Crippen LogP contribution in [0.25, 0.3) is 0 Å². The molecule has 2 aliphatic rings. The first kappa shape index (κ1) is 9.21. The Balaban J connectivity index is 1.96. The molecule has 0 N–H and O–H groups in total. The van der Waals surface area contributed by atoms with Crippen molar-refractivity contribution in [3.63, 3.8) is 0 Å². The number of hydrogen-bond donors (Lipinski definition) is 0. The summed E-state index contributed by atoms with van der Waals surface area (Å²) >= 11 is 0.543. The third-order valence-corrected chi connectivity index (χ3v) is 6.41. The van der Waals surface area contributed by atoms with Crippen molar-refractivity contribution in [3.8, 4) is 0 Å². The number of nitrogens with zero attached hydrogens (tertiary/aromatic N) is 1. The topological polar surface area (TPSA) is 12.5 Å². The Morgan fingerprint density at radius 1 is 1.33 bits per heavy atom. The molecule has 0 aromatic heterocycles. The quantitative estimate of drug-likeness (QED) is 0.392. The third kappa shape index (κ3) is 1.77. The number of ether oxygens (including phenoxy) is 1. The summed E-state index contributed by atoms with van der Waals surface area (Å²) in [4.78, 5) is 2.66. The Labute approximate surface area is 84.9 Å². The van der Waals surface area contributed by atoms with Gasteiger partial charge < -0.3 is 0 Å². The van der Waals surface area contributed by atoms with Crippen molar-refractivity contribution in [2.75, 3.05) is 35.2 Å². The molecule has 0 radical (unpaired) electrons. The zero-order chi connectivity index (χ0) is 8.44. The minimum absolute atomic E-state index is 0.543. The van der Waals surface area contributed by atoms with Crippen LogP contribution in [0.3, 0.4) is 0 Å². The summed E-state index contributed by atoms with van der Waals surface area (Å²) in [5.41, 5.74) is 0.567. The monoisotopic (exact) mass is 282 g/mol. The number of hydrogen-bond acceptors (Lipinski definition) is 2. The minimum atomic E-state index is 0.543. The first-order valence-electron chi connectivity index (χ1n) is 4.68. The second kappa shape index (κ2) is 3.80. The van der Waals surface area contributed by atoms with E-state index in [0.29, 0.717) is 26.7 Å². The molecule has 1 unspecified atom stereocenters. The summed E-state index contributed by atoms with van der Waals surface area (Å²) in [5, 5.41) is 0. The molecule has 2 saturated heterocycles. The van der Waals surface area contributed by atoms with Crippen LogP contribution in [0.1, 0.15) is 13.3 Å². The van der Waals surface area contributed by atoms with Gasteiger partial charge in [-0.3, -0.25) is 0 Å². The Morgan fingerprint density at radius 2 is 2.08 bits per heavy atom. The van der Waals surface area contributed by atoms with Gasteiger partial charge in [0, 0.05) is 0 Å². The first-order chi connectivity index (χ1) is 5.81. The summed E-state index contributed by atoms with van der Waals surface area (Å²) in [6.45, 7) is 6.69. The van der Waals surface area contributed by atoms with Crippen molar-refractivity contribution in [3.05, 3.63) is 0 Å². The van der Waals surface area contributed by atoms with Crippen molar-refractivity contribution in [2.45, 2.75) is 18.9 Å². The summed E-state index contributed by atoms with van der Waals surface area (Å²) < 4.78 is 8.41. The van der Waals surface area contributed by atoms with E-state index >= 15 is 0 Å². The molecule has 72 valence electrons. The predicted octanol–water partition coefficient (Wildman–Crippen LogP) is -2.43. The Hall–Kier alpha value is 0.650. The zero-order valence-electron chi connectivity index (χ0n) is 7.68. The van der Waals surface area contributed by atoms with Gasteiger partial charge in [0.15, 0.2) is 0 Å². The summed E-state index contributed by atoms with van der Waals surface area (Å²) in [7, 11) is 0. The van der Waals surface area contributed by atoms with Crippen LogP contribution in [0.5, 0.6) is 0 Å². The third-order valence-electron chi connectivity index (χ3n) is 2.92. The fourth-order valence-corrected chi connectivity index (χ4v) is 5.90. The fraction of sp³-hybridized carbons (Fsp3) is 1.00.